The summed E-state index contributed by atoms with van der Waals surface area (Å²) in [7, 11) is 0. The SMILES string of the molecule is CCN1CCN(CC(=O)O)CCN(CC(O)CNCC(O)C(O)C(O)C(O)CO)CCN(CC(=O)O)CC1. The second kappa shape index (κ2) is 18.7. The molecule has 15 heteroatoms. The van der Waals surface area contributed by atoms with Gasteiger partial charge in [0, 0.05) is 72.0 Å². The Morgan fingerprint density at radius 1 is 0.684 bits per heavy atom. The Bertz CT molecular complexity index is 646. The van der Waals surface area contributed by atoms with Crippen LogP contribution >= 0.6 is 0 Å². The second-order valence-electron chi connectivity index (χ2n) is 9.69. The third-order valence-electron chi connectivity index (χ3n) is 6.62. The maximum Gasteiger partial charge on any atom is 0.317 e. The lowest BCUT2D eigenvalue weighted by Gasteiger charge is -2.34. The van der Waals surface area contributed by atoms with Crippen molar-refractivity contribution in [2.75, 3.05) is 98.2 Å². The number of rotatable bonds is 15. The maximum absolute atomic E-state index is 11.4. The van der Waals surface area contributed by atoms with Gasteiger partial charge in [-0.1, -0.05) is 6.92 Å². The molecular formula is C23H47N5O10. The van der Waals surface area contributed by atoms with Crippen molar-refractivity contribution < 1.29 is 50.4 Å². The van der Waals surface area contributed by atoms with Gasteiger partial charge < -0.3 is 51.1 Å². The summed E-state index contributed by atoms with van der Waals surface area (Å²) in [6.45, 7) is 5.95. The van der Waals surface area contributed by atoms with Crippen LogP contribution in [0.3, 0.4) is 0 Å². The van der Waals surface area contributed by atoms with Crippen molar-refractivity contribution in [3.63, 3.8) is 0 Å². The number of hydrogen-bond acceptors (Lipinski definition) is 13. The Kier molecular flexibility index (Phi) is 17.0. The molecule has 0 aromatic heterocycles. The molecule has 0 radical (unpaired) electrons. The van der Waals surface area contributed by atoms with Gasteiger partial charge in [-0.05, 0) is 6.54 Å². The minimum Gasteiger partial charge on any atom is -0.480 e. The average molecular weight is 554 g/mol. The first kappa shape index (κ1) is 34.5. The van der Waals surface area contributed by atoms with Crippen molar-refractivity contribution in [3.8, 4) is 0 Å². The number of aliphatic carboxylic acids is 2. The molecule has 1 aliphatic heterocycles. The van der Waals surface area contributed by atoms with E-state index in [4.69, 9.17) is 5.11 Å². The number of nitrogens with one attached hydrogen (secondary N) is 1. The highest BCUT2D eigenvalue weighted by molar-refractivity contribution is 5.69. The number of carboxylic acid groups (broad SMARTS) is 2. The van der Waals surface area contributed by atoms with Crippen LogP contribution in [0.2, 0.25) is 0 Å². The zero-order valence-corrected chi connectivity index (χ0v) is 22.2. The van der Waals surface area contributed by atoms with Crippen LogP contribution in [-0.4, -0.2) is 201 Å². The van der Waals surface area contributed by atoms with Crippen LogP contribution in [0, 0.1) is 0 Å². The van der Waals surface area contributed by atoms with E-state index in [1.165, 1.54) is 0 Å². The molecule has 5 atom stereocenters. The molecule has 0 saturated carbocycles. The molecule has 1 aliphatic rings. The van der Waals surface area contributed by atoms with Gasteiger partial charge >= 0.3 is 11.9 Å². The van der Waals surface area contributed by atoms with E-state index in [0.717, 1.165) is 6.54 Å². The van der Waals surface area contributed by atoms with Gasteiger partial charge in [-0.2, -0.15) is 0 Å². The summed E-state index contributed by atoms with van der Waals surface area (Å²) in [5, 5.41) is 79.9. The smallest absolute Gasteiger partial charge is 0.317 e. The fourth-order valence-corrected chi connectivity index (χ4v) is 4.22. The molecule has 1 heterocycles. The number of aliphatic hydroxyl groups excluding tert-OH is 6. The van der Waals surface area contributed by atoms with Crippen LogP contribution in [-0.2, 0) is 9.59 Å². The minimum atomic E-state index is -1.74. The van der Waals surface area contributed by atoms with E-state index >= 15 is 0 Å². The van der Waals surface area contributed by atoms with E-state index < -0.39 is 49.1 Å². The molecule has 1 saturated heterocycles. The summed E-state index contributed by atoms with van der Waals surface area (Å²) in [6, 6.07) is 0. The first-order valence-electron chi connectivity index (χ1n) is 13.0. The molecule has 15 nitrogen and oxygen atoms in total. The molecule has 38 heavy (non-hydrogen) atoms. The van der Waals surface area contributed by atoms with Gasteiger partial charge in [0.2, 0.25) is 0 Å². The van der Waals surface area contributed by atoms with E-state index in [0.29, 0.717) is 52.4 Å². The number of nitrogens with zero attached hydrogens (tertiary/aromatic N) is 4. The Labute approximate surface area is 223 Å². The van der Waals surface area contributed by atoms with Crippen molar-refractivity contribution >= 4 is 11.9 Å². The first-order valence-corrected chi connectivity index (χ1v) is 13.0. The lowest BCUT2D eigenvalue weighted by Crippen LogP contribution is -2.51. The van der Waals surface area contributed by atoms with Crippen LogP contribution in [0.5, 0.6) is 0 Å². The highest BCUT2D eigenvalue weighted by Crippen LogP contribution is 2.05. The lowest BCUT2D eigenvalue weighted by atomic mass is 10.0. The zero-order valence-electron chi connectivity index (χ0n) is 22.2. The third kappa shape index (κ3) is 14.0. The standard InChI is InChI=1S/C23H47N5O10/c1-2-25-3-5-27(14-20(33)34)9-7-26(8-10-28(6-4-25)15-21(35)36)13-17(30)11-24-12-18(31)22(37)23(38)19(32)16-29/h17-19,22-24,29-32,37-38H,2-16H2,1H3,(H,33,34)(H,35,36). The fraction of sp³-hybridized carbons (Fsp3) is 0.913. The largest absolute Gasteiger partial charge is 0.480 e. The van der Waals surface area contributed by atoms with Crippen LogP contribution in [0.1, 0.15) is 6.92 Å². The van der Waals surface area contributed by atoms with Crippen LogP contribution in [0.15, 0.2) is 0 Å². The molecule has 0 aliphatic carbocycles. The number of carbonyl (C=O) groups is 2. The van der Waals surface area contributed by atoms with Gasteiger partial charge in [0.25, 0.3) is 0 Å². The highest BCUT2D eigenvalue weighted by atomic mass is 16.4. The van der Waals surface area contributed by atoms with E-state index in [-0.39, 0.29) is 32.7 Å². The fourth-order valence-electron chi connectivity index (χ4n) is 4.22. The summed E-state index contributed by atoms with van der Waals surface area (Å²) in [5.74, 6) is -1.86. The number of likely N-dealkylation sites (N-methyl/N-ethyl adjacent to an activating group) is 1. The molecule has 0 aromatic carbocycles. The average Bonchev–Trinajstić information content (AvgIpc) is 2.86. The molecule has 5 unspecified atom stereocenters. The van der Waals surface area contributed by atoms with Gasteiger partial charge in [0.05, 0.1) is 31.9 Å². The molecular weight excluding hydrogens is 506 g/mol. The van der Waals surface area contributed by atoms with Crippen molar-refractivity contribution in [1.29, 1.82) is 0 Å². The van der Waals surface area contributed by atoms with Crippen molar-refractivity contribution in [2.45, 2.75) is 37.4 Å². The molecule has 1 rings (SSSR count). The van der Waals surface area contributed by atoms with Gasteiger partial charge in [-0.25, -0.2) is 0 Å². The summed E-state index contributed by atoms with van der Waals surface area (Å²) < 4.78 is 0. The van der Waals surface area contributed by atoms with Gasteiger partial charge in [-0.3, -0.25) is 24.3 Å². The van der Waals surface area contributed by atoms with Crippen LogP contribution in [0.25, 0.3) is 0 Å². The number of hydrogen-bond donors (Lipinski definition) is 9. The first-order chi connectivity index (χ1) is 18.0. The normalized spacial score (nSPS) is 22.1. The number of β-amino-alcohol motifs (C(OH)–C–C–N with tert-alkyl or cyclic N) is 1. The predicted octanol–water partition coefficient (Wildman–Crippen LogP) is -5.22. The monoisotopic (exact) mass is 553 g/mol. The summed E-state index contributed by atoms with van der Waals surface area (Å²) >= 11 is 0. The molecule has 9 N–H and O–H groups in total. The van der Waals surface area contributed by atoms with Crippen molar-refractivity contribution in [3.05, 3.63) is 0 Å². The molecule has 0 bridgehead atoms. The van der Waals surface area contributed by atoms with E-state index in [1.54, 1.807) is 0 Å². The van der Waals surface area contributed by atoms with Gasteiger partial charge in [-0.15, -0.1) is 0 Å². The topological polar surface area (TPSA) is 221 Å². The van der Waals surface area contributed by atoms with Crippen molar-refractivity contribution in [2.24, 2.45) is 0 Å². The number of aliphatic hydroxyl groups is 6. The molecule has 0 aromatic rings. The predicted molar refractivity (Wildman–Crippen MR) is 137 cm³/mol. The van der Waals surface area contributed by atoms with E-state index in [2.05, 4.69) is 10.2 Å². The van der Waals surface area contributed by atoms with E-state index in [9.17, 15) is 45.3 Å². The molecule has 0 amide bonds. The van der Waals surface area contributed by atoms with Crippen LogP contribution < -0.4 is 5.32 Å². The molecule has 1 fully saturated rings. The van der Waals surface area contributed by atoms with Crippen molar-refractivity contribution in [1.82, 2.24) is 24.9 Å². The van der Waals surface area contributed by atoms with E-state index in [1.807, 2.05) is 21.6 Å². The third-order valence-corrected chi connectivity index (χ3v) is 6.62. The second-order valence-corrected chi connectivity index (χ2v) is 9.69. The minimum absolute atomic E-state index is 0.0298. The molecule has 224 valence electrons. The summed E-state index contributed by atoms with van der Waals surface area (Å²) in [5.41, 5.74) is 0. The van der Waals surface area contributed by atoms with Gasteiger partial charge in [0.1, 0.15) is 18.3 Å². The summed E-state index contributed by atoms with van der Waals surface area (Å²) in [6.07, 6.45) is -7.42. The van der Waals surface area contributed by atoms with Gasteiger partial charge in [0.15, 0.2) is 0 Å². The Morgan fingerprint density at radius 3 is 1.53 bits per heavy atom. The lowest BCUT2D eigenvalue weighted by molar-refractivity contribution is -0.139. The maximum atomic E-state index is 11.4. The Morgan fingerprint density at radius 2 is 1.11 bits per heavy atom. The Balaban J connectivity index is 2.74. The van der Waals surface area contributed by atoms with Crippen LogP contribution in [0.4, 0.5) is 0 Å². The number of carboxylic acids is 2. The quantitative estimate of drug-likeness (QED) is 0.0925. The highest BCUT2D eigenvalue weighted by Gasteiger charge is 2.30. The summed E-state index contributed by atoms with van der Waals surface area (Å²) in [4.78, 5) is 30.5. The Hall–Kier alpha value is -1.50. The zero-order chi connectivity index (χ0) is 28.7. The molecule has 0 spiro atoms.